The molecule has 0 aromatic carbocycles. The van der Waals surface area contributed by atoms with Crippen LogP contribution in [0.4, 0.5) is 5.82 Å². The maximum absolute atomic E-state index is 12.8. The fraction of sp³-hybridized carbons (Fsp3) is 0.476. The van der Waals surface area contributed by atoms with Crippen LogP contribution in [-0.2, 0) is 20.4 Å². The average Bonchev–Trinajstić information content (AvgIpc) is 3.65. The molecule has 4 unspecified atom stereocenters. The number of hydrogen-bond donors (Lipinski definition) is 6. The quantitative estimate of drug-likeness (QED) is 0.181. The van der Waals surface area contributed by atoms with Crippen LogP contribution in [0.5, 0.6) is 11.8 Å². The third-order valence-electron chi connectivity index (χ3n) is 7.09. The van der Waals surface area contributed by atoms with Gasteiger partial charge in [0.1, 0.15) is 30.3 Å². The Labute approximate surface area is 204 Å². The molecule has 2 aliphatic carbocycles. The number of nitrogens with one attached hydrogen (secondary N) is 1. The first-order valence-electron chi connectivity index (χ1n) is 11.6. The van der Waals surface area contributed by atoms with Crippen molar-refractivity contribution in [2.24, 2.45) is 0 Å². The summed E-state index contributed by atoms with van der Waals surface area (Å²) in [5, 5.41) is 33.4. The van der Waals surface area contributed by atoms with Gasteiger partial charge in [0.25, 0.3) is 0 Å². The number of rotatable bonds is 8. The monoisotopic (exact) mass is 519 g/mol. The molecule has 0 spiro atoms. The lowest BCUT2D eigenvalue weighted by molar-refractivity contribution is -0.0407. The molecular formula is C21H26N7O7P. The van der Waals surface area contributed by atoms with Gasteiger partial charge in [0.05, 0.1) is 12.9 Å². The summed E-state index contributed by atoms with van der Waals surface area (Å²) >= 11 is 0. The van der Waals surface area contributed by atoms with Gasteiger partial charge in [0.15, 0.2) is 23.2 Å². The maximum Gasteiger partial charge on any atom is 0.403 e. The van der Waals surface area contributed by atoms with E-state index >= 15 is 0 Å². The van der Waals surface area contributed by atoms with Crippen molar-refractivity contribution in [1.29, 1.82) is 0 Å². The molecule has 1 fully saturated rings. The van der Waals surface area contributed by atoms with Crippen LogP contribution in [0.3, 0.4) is 0 Å². The minimum absolute atomic E-state index is 0.0285. The van der Waals surface area contributed by atoms with E-state index in [0.717, 1.165) is 17.5 Å². The van der Waals surface area contributed by atoms with Crippen LogP contribution in [0.15, 0.2) is 24.8 Å². The molecule has 0 amide bonds. The number of hydrogen-bond acceptors (Lipinski definition) is 10. The van der Waals surface area contributed by atoms with E-state index in [1.54, 1.807) is 4.57 Å². The van der Waals surface area contributed by atoms with E-state index in [0.29, 0.717) is 11.2 Å². The first-order valence-corrected chi connectivity index (χ1v) is 13.1. The van der Waals surface area contributed by atoms with E-state index in [-0.39, 0.29) is 48.9 Å². The molecule has 7 N–H and O–H groups in total. The van der Waals surface area contributed by atoms with E-state index in [9.17, 15) is 24.8 Å². The number of anilines is 1. The third kappa shape index (κ3) is 3.69. The van der Waals surface area contributed by atoms with Crippen molar-refractivity contribution in [2.75, 3.05) is 18.9 Å². The van der Waals surface area contributed by atoms with Gasteiger partial charge in [0, 0.05) is 42.5 Å². The van der Waals surface area contributed by atoms with Crippen molar-refractivity contribution >= 4 is 24.7 Å². The number of aliphatic hydroxyl groups excluding tert-OH is 1. The van der Waals surface area contributed by atoms with E-state index in [1.807, 2.05) is 12.2 Å². The third-order valence-corrected chi connectivity index (χ3v) is 8.27. The molecule has 15 heteroatoms. The van der Waals surface area contributed by atoms with Crippen molar-refractivity contribution in [1.82, 2.24) is 29.2 Å². The fourth-order valence-electron chi connectivity index (χ4n) is 5.45. The second-order valence-corrected chi connectivity index (χ2v) is 10.7. The largest absolute Gasteiger partial charge is 0.494 e. The number of nitrogens with two attached hydrogens (primary N) is 1. The maximum atomic E-state index is 12.8. The molecular weight excluding hydrogens is 493 g/mol. The SMILES string of the molecule is Nc1ncnc2c1ncn2[C@H]1CC(OP(=O)(O)NCCn2c(O)c3c(c2O)C2C=CC3C2)[C@@H](CO)O1. The topological polar surface area (TPSA) is 203 Å². The Bertz CT molecular complexity index is 1370. The highest BCUT2D eigenvalue weighted by Gasteiger charge is 2.42. The lowest BCUT2D eigenvalue weighted by Crippen LogP contribution is -2.29. The number of aliphatic hydroxyl groups is 1. The minimum atomic E-state index is -4.33. The zero-order valence-corrected chi connectivity index (χ0v) is 19.9. The van der Waals surface area contributed by atoms with Gasteiger partial charge in [-0.15, -0.1) is 0 Å². The summed E-state index contributed by atoms with van der Waals surface area (Å²) in [5.74, 6) is 0.317. The molecule has 36 heavy (non-hydrogen) atoms. The van der Waals surface area contributed by atoms with Crippen molar-refractivity contribution in [3.63, 3.8) is 0 Å². The molecule has 6 atom stereocenters. The summed E-state index contributed by atoms with van der Waals surface area (Å²) < 4.78 is 27.0. The van der Waals surface area contributed by atoms with Crippen LogP contribution in [0.1, 0.15) is 42.0 Å². The van der Waals surface area contributed by atoms with E-state index in [2.05, 4.69) is 20.0 Å². The Hall–Kier alpha value is -3.00. The highest BCUT2D eigenvalue weighted by Crippen LogP contribution is 2.56. The van der Waals surface area contributed by atoms with Crippen molar-refractivity contribution in [2.45, 2.75) is 49.7 Å². The number of fused-ring (bicyclic) bond motifs is 6. The number of ether oxygens (including phenoxy) is 1. The van der Waals surface area contributed by atoms with Crippen LogP contribution in [0, 0.1) is 0 Å². The van der Waals surface area contributed by atoms with E-state index in [1.165, 1.54) is 17.2 Å². The molecule has 1 aliphatic heterocycles. The lowest BCUT2D eigenvalue weighted by atomic mass is 10.0. The zero-order valence-electron chi connectivity index (χ0n) is 19.0. The highest BCUT2D eigenvalue weighted by atomic mass is 31.2. The predicted octanol–water partition coefficient (Wildman–Crippen LogP) is 0.817. The van der Waals surface area contributed by atoms with Gasteiger partial charge in [0.2, 0.25) is 0 Å². The summed E-state index contributed by atoms with van der Waals surface area (Å²) in [7, 11) is -4.33. The average molecular weight is 519 g/mol. The van der Waals surface area contributed by atoms with Crippen LogP contribution in [0.2, 0.25) is 0 Å². The summed E-state index contributed by atoms with van der Waals surface area (Å²) in [4.78, 5) is 22.7. The highest BCUT2D eigenvalue weighted by molar-refractivity contribution is 7.50. The standard InChI is InChI=1S/C21H26N7O7P/c22-18-17-19(24-8-23-18)28(9-25-17)14-6-12(13(7-29)34-14)35-36(32,33)26-3-4-27-20(30)15-10-1-2-11(5-10)16(15)21(27)31/h1-2,8-14,29-31H,3-7H2,(H2,22,23,24)(H2,26,32,33)/t10?,11?,12?,13-,14-/m1/s1. The molecule has 3 aliphatic rings. The molecule has 1 saturated heterocycles. The number of allylic oxidation sites excluding steroid dienone is 2. The summed E-state index contributed by atoms with van der Waals surface area (Å²) in [6.45, 7) is -0.445. The van der Waals surface area contributed by atoms with Crippen LogP contribution < -0.4 is 10.8 Å². The van der Waals surface area contributed by atoms with Crippen molar-refractivity contribution < 1.29 is 34.0 Å². The second kappa shape index (κ2) is 8.54. The molecule has 4 heterocycles. The number of nitrogen functional groups attached to an aromatic ring is 1. The zero-order chi connectivity index (χ0) is 25.2. The number of nitrogens with zero attached hydrogens (tertiary/aromatic N) is 5. The van der Waals surface area contributed by atoms with Crippen molar-refractivity contribution in [3.8, 4) is 11.8 Å². The molecule has 2 bridgehead atoms. The molecule has 0 saturated carbocycles. The summed E-state index contributed by atoms with van der Waals surface area (Å²) in [6.07, 6.45) is 5.38. The van der Waals surface area contributed by atoms with Crippen LogP contribution in [0.25, 0.3) is 11.2 Å². The number of aromatic hydroxyl groups is 2. The fourth-order valence-corrected chi connectivity index (χ4v) is 6.50. The molecule has 14 nitrogen and oxygen atoms in total. The van der Waals surface area contributed by atoms with Gasteiger partial charge in [-0.05, 0) is 6.42 Å². The molecule has 0 radical (unpaired) electrons. The molecule has 6 rings (SSSR count). The van der Waals surface area contributed by atoms with Gasteiger partial charge < -0.3 is 30.7 Å². The van der Waals surface area contributed by atoms with Gasteiger partial charge in [-0.25, -0.2) is 24.6 Å². The Morgan fingerprint density at radius 2 is 1.89 bits per heavy atom. The lowest BCUT2D eigenvalue weighted by Gasteiger charge is -2.21. The summed E-state index contributed by atoms with van der Waals surface area (Å²) in [6, 6.07) is 0. The molecule has 3 aromatic rings. The van der Waals surface area contributed by atoms with Gasteiger partial charge >= 0.3 is 7.75 Å². The normalized spacial score (nSPS) is 28.2. The first kappa shape index (κ1) is 23.4. The van der Waals surface area contributed by atoms with Gasteiger partial charge in [-0.3, -0.25) is 13.7 Å². The van der Waals surface area contributed by atoms with E-state index in [4.69, 9.17) is 15.0 Å². The van der Waals surface area contributed by atoms with E-state index < -0.39 is 32.8 Å². The van der Waals surface area contributed by atoms with Gasteiger partial charge in [-0.1, -0.05) is 12.2 Å². The number of imidazole rings is 1. The summed E-state index contributed by atoms with van der Waals surface area (Å²) in [5.41, 5.74) is 8.10. The van der Waals surface area contributed by atoms with Gasteiger partial charge in [-0.2, -0.15) is 0 Å². The number of aromatic nitrogens is 5. The molecule has 192 valence electrons. The smallest absolute Gasteiger partial charge is 0.403 e. The second-order valence-electron chi connectivity index (χ2n) is 9.16. The molecule has 3 aromatic heterocycles. The Morgan fingerprint density at radius 3 is 2.58 bits per heavy atom. The predicted molar refractivity (Wildman–Crippen MR) is 125 cm³/mol. The Kier molecular flexibility index (Phi) is 5.55. The minimum Gasteiger partial charge on any atom is -0.494 e. The Morgan fingerprint density at radius 1 is 1.17 bits per heavy atom. The van der Waals surface area contributed by atoms with Crippen LogP contribution in [-0.4, -0.2) is 69.7 Å². The van der Waals surface area contributed by atoms with Crippen molar-refractivity contribution in [3.05, 3.63) is 35.9 Å². The first-order chi connectivity index (χ1) is 17.3. The van der Waals surface area contributed by atoms with Crippen LogP contribution >= 0.6 is 7.75 Å². The Balaban J connectivity index is 1.11.